The molecule has 0 aliphatic rings. The number of unbranched alkanes of at least 4 members (excludes halogenated alkanes) is 1. The van der Waals surface area contributed by atoms with Crippen LogP contribution in [0.25, 0.3) is 22.2 Å². The second kappa shape index (κ2) is 15.5. The second-order valence-electron chi connectivity index (χ2n) is 14.5. The van der Waals surface area contributed by atoms with Crippen LogP contribution in [0.2, 0.25) is 0 Å². The molecule has 45 heavy (non-hydrogen) atoms. The van der Waals surface area contributed by atoms with Crippen LogP contribution in [0.5, 0.6) is 11.5 Å². The van der Waals surface area contributed by atoms with E-state index in [9.17, 15) is 9.90 Å². The molecule has 250 valence electrons. The van der Waals surface area contributed by atoms with E-state index in [1.165, 1.54) is 0 Å². The zero-order valence-electron chi connectivity index (χ0n) is 28.8. The minimum Gasteiger partial charge on any atom is -0.496 e. The molecule has 3 aromatic rings. The van der Waals surface area contributed by atoms with Crippen molar-refractivity contribution in [3.63, 3.8) is 0 Å². The first-order valence-electron chi connectivity index (χ1n) is 16.4. The smallest absolute Gasteiger partial charge is 0.313 e. The molecular weight excluding hydrogens is 566 g/mol. The third-order valence-electron chi connectivity index (χ3n) is 8.71. The number of rotatable bonds is 18. The van der Waals surface area contributed by atoms with Gasteiger partial charge in [-0.15, -0.1) is 0 Å². The number of carbonyl (C=O) groups is 1. The highest BCUT2D eigenvalue weighted by atomic mass is 16.5. The number of nitrogens with zero attached hydrogens (tertiary/aromatic N) is 1. The summed E-state index contributed by atoms with van der Waals surface area (Å²) in [5.74, 6) is 1.86. The lowest BCUT2D eigenvalue weighted by Crippen LogP contribution is -2.58. The Morgan fingerprint density at radius 1 is 0.956 bits per heavy atom. The maximum absolute atomic E-state index is 13.0. The fourth-order valence-corrected chi connectivity index (χ4v) is 5.86. The van der Waals surface area contributed by atoms with Gasteiger partial charge in [0, 0.05) is 34.6 Å². The predicted octanol–water partition coefficient (Wildman–Crippen LogP) is 7.08. The maximum Gasteiger partial charge on any atom is 0.313 e. The molecule has 0 amide bonds. The van der Waals surface area contributed by atoms with Crippen LogP contribution in [0.3, 0.4) is 0 Å². The van der Waals surface area contributed by atoms with E-state index < -0.39 is 22.6 Å². The largest absolute Gasteiger partial charge is 0.496 e. The second-order valence-corrected chi connectivity index (χ2v) is 14.5. The van der Waals surface area contributed by atoms with Gasteiger partial charge in [0.25, 0.3) is 0 Å². The van der Waals surface area contributed by atoms with Gasteiger partial charge in [-0.05, 0) is 109 Å². The van der Waals surface area contributed by atoms with E-state index in [0.717, 1.165) is 53.0 Å². The number of methoxy groups -OCH3 is 1. The molecule has 0 radical (unpaired) electrons. The first-order valence-corrected chi connectivity index (χ1v) is 16.4. The van der Waals surface area contributed by atoms with Crippen molar-refractivity contribution in [3.05, 3.63) is 48.5 Å². The van der Waals surface area contributed by atoms with Gasteiger partial charge in [-0.1, -0.05) is 26.0 Å². The van der Waals surface area contributed by atoms with Crippen LogP contribution in [0.15, 0.2) is 48.5 Å². The number of benzene rings is 2. The number of hydrogen-bond acceptors (Lipinski definition) is 7. The Balaban J connectivity index is 1.59. The van der Waals surface area contributed by atoms with E-state index >= 15 is 0 Å². The Bertz CT molecular complexity index is 1380. The topological polar surface area (TPSA) is 122 Å². The van der Waals surface area contributed by atoms with Crippen molar-refractivity contribution >= 4 is 16.9 Å². The number of aromatic nitrogens is 1. The minimum atomic E-state index is -0.915. The lowest BCUT2D eigenvalue weighted by Gasteiger charge is -2.42. The zero-order valence-corrected chi connectivity index (χ0v) is 28.8. The van der Waals surface area contributed by atoms with Crippen LogP contribution in [0, 0.1) is 11.3 Å². The number of aryl methyl sites for hydroxylation is 1. The summed E-state index contributed by atoms with van der Waals surface area (Å²) < 4.78 is 19.7. The Kier molecular flexibility index (Phi) is 12.5. The Hall–Kier alpha value is -3.07. The van der Waals surface area contributed by atoms with E-state index in [-0.39, 0.29) is 19.2 Å². The number of carbonyl (C=O) groups excluding carboxylic acids is 1. The molecule has 2 aromatic carbocycles. The zero-order chi connectivity index (χ0) is 33.4. The summed E-state index contributed by atoms with van der Waals surface area (Å²) in [4.78, 5) is 13.0. The van der Waals surface area contributed by atoms with E-state index in [0.29, 0.717) is 31.6 Å². The number of esters is 1. The van der Waals surface area contributed by atoms with Crippen molar-refractivity contribution in [1.82, 2.24) is 4.57 Å². The molecule has 3 rings (SSSR count). The fourth-order valence-electron chi connectivity index (χ4n) is 5.86. The molecule has 2 unspecified atom stereocenters. The summed E-state index contributed by atoms with van der Waals surface area (Å²) in [5.41, 5.74) is 13.6. The first-order chi connectivity index (χ1) is 21.1. The number of aliphatic hydroxyl groups excluding tert-OH is 1. The average Bonchev–Trinajstić information content (AvgIpc) is 3.31. The molecule has 0 saturated heterocycles. The van der Waals surface area contributed by atoms with E-state index in [1.54, 1.807) is 7.11 Å². The van der Waals surface area contributed by atoms with Crippen LogP contribution in [-0.2, 0) is 16.1 Å². The molecule has 8 heteroatoms. The Morgan fingerprint density at radius 2 is 1.67 bits per heavy atom. The fraction of sp³-hybridized carbons (Fsp3) is 0.595. The average molecular weight is 624 g/mol. The van der Waals surface area contributed by atoms with Gasteiger partial charge in [0.1, 0.15) is 18.1 Å². The summed E-state index contributed by atoms with van der Waals surface area (Å²) in [6.45, 7) is 15.1. The van der Waals surface area contributed by atoms with Crippen molar-refractivity contribution in [2.45, 2.75) is 111 Å². The third-order valence-corrected chi connectivity index (χ3v) is 8.71. The van der Waals surface area contributed by atoms with E-state index in [4.69, 9.17) is 25.7 Å². The van der Waals surface area contributed by atoms with Crippen LogP contribution in [0.1, 0.15) is 87.0 Å². The van der Waals surface area contributed by atoms with Gasteiger partial charge in [-0.2, -0.15) is 0 Å². The SMILES string of the molecule is COc1ccccc1-c1cc2ccc(OCC(O)CCCCOC(=O)C(C)(CC(C)(C)N)C(C)(C)N)cc2n1CCCC(C)C. The van der Waals surface area contributed by atoms with Crippen molar-refractivity contribution in [3.8, 4) is 22.8 Å². The lowest BCUT2D eigenvalue weighted by molar-refractivity contribution is -0.160. The first kappa shape index (κ1) is 36.4. The van der Waals surface area contributed by atoms with Crippen molar-refractivity contribution in [2.24, 2.45) is 22.8 Å². The predicted molar refractivity (Wildman–Crippen MR) is 184 cm³/mol. The summed E-state index contributed by atoms with van der Waals surface area (Å²) in [6, 6.07) is 16.4. The van der Waals surface area contributed by atoms with Gasteiger partial charge in [0.2, 0.25) is 0 Å². The van der Waals surface area contributed by atoms with Crippen molar-refractivity contribution in [1.29, 1.82) is 0 Å². The quantitative estimate of drug-likeness (QED) is 0.102. The molecule has 1 heterocycles. The highest BCUT2D eigenvalue weighted by Crippen LogP contribution is 2.38. The number of fused-ring (bicyclic) bond motifs is 1. The maximum atomic E-state index is 13.0. The number of para-hydroxylation sites is 1. The van der Waals surface area contributed by atoms with Crippen LogP contribution in [0.4, 0.5) is 0 Å². The number of hydrogen-bond donors (Lipinski definition) is 3. The van der Waals surface area contributed by atoms with Crippen LogP contribution in [-0.4, -0.2) is 53.1 Å². The van der Waals surface area contributed by atoms with E-state index in [1.807, 2.05) is 58.9 Å². The molecular formula is C37H57N3O5. The molecule has 0 aliphatic heterocycles. The summed E-state index contributed by atoms with van der Waals surface area (Å²) in [6.07, 6.45) is 3.86. The van der Waals surface area contributed by atoms with Crippen LogP contribution < -0.4 is 20.9 Å². The van der Waals surface area contributed by atoms with Gasteiger partial charge in [-0.25, -0.2) is 0 Å². The molecule has 0 spiro atoms. The van der Waals surface area contributed by atoms with Crippen LogP contribution >= 0.6 is 0 Å². The molecule has 0 saturated carbocycles. The Morgan fingerprint density at radius 3 is 2.31 bits per heavy atom. The van der Waals surface area contributed by atoms with E-state index in [2.05, 4.69) is 42.7 Å². The third kappa shape index (κ3) is 9.96. The molecule has 0 fully saturated rings. The number of aliphatic hydroxyl groups is 1. The van der Waals surface area contributed by atoms with Crippen molar-refractivity contribution < 1.29 is 24.1 Å². The molecule has 0 aliphatic carbocycles. The van der Waals surface area contributed by atoms with Gasteiger partial charge in [0.05, 0.1) is 36.4 Å². The highest BCUT2D eigenvalue weighted by Gasteiger charge is 2.48. The summed E-state index contributed by atoms with van der Waals surface area (Å²) in [5, 5.41) is 11.8. The monoisotopic (exact) mass is 623 g/mol. The van der Waals surface area contributed by atoms with Gasteiger partial charge >= 0.3 is 5.97 Å². The van der Waals surface area contributed by atoms with Crippen molar-refractivity contribution in [2.75, 3.05) is 20.3 Å². The Labute approximate surface area is 270 Å². The standard InChI is InChI=1S/C37H57N3O5/c1-26(2)14-13-20-40-31-23-29(19-18-27(31)22-32(40)30-16-9-10-17-33(30)43-8)45-24-28(41)15-11-12-21-44-34(42)37(7,36(5,6)39)25-35(3,4)38/h9-10,16-19,22-23,26,28,41H,11-15,20-21,24-25,38-39H2,1-8H3. The lowest BCUT2D eigenvalue weighted by atomic mass is 9.67. The molecule has 0 bridgehead atoms. The molecule has 1 aromatic heterocycles. The molecule has 2 atom stereocenters. The van der Waals surface area contributed by atoms with Gasteiger partial charge in [-0.3, -0.25) is 4.79 Å². The summed E-state index contributed by atoms with van der Waals surface area (Å²) in [7, 11) is 1.70. The van der Waals surface area contributed by atoms with Gasteiger partial charge < -0.3 is 35.4 Å². The highest BCUT2D eigenvalue weighted by molar-refractivity contribution is 5.89. The number of ether oxygens (including phenoxy) is 3. The van der Waals surface area contributed by atoms with Gasteiger partial charge in [0.15, 0.2) is 0 Å². The molecule has 5 N–H and O–H groups in total. The number of nitrogens with two attached hydrogens (primary N) is 2. The summed E-state index contributed by atoms with van der Waals surface area (Å²) >= 11 is 0. The minimum absolute atomic E-state index is 0.184. The molecule has 8 nitrogen and oxygen atoms in total. The normalized spacial score (nSPS) is 14.4.